The molecule has 1 aromatic carbocycles. The van der Waals surface area contributed by atoms with E-state index in [1.807, 2.05) is 17.0 Å². The standard InChI is InChI=1S/C20H27N3O6S/c1-27-12-7-11(8-13(9-12)28-2)23-17-14(19(26)22-3-5-29-6-4-22)10-15(24)18(25)16(17)21-20(23)30/h7-9,14-18,24-25H,3-6,10H2,1-2H3,(H,21,30)/t14-,15-,16-,17+,18+/m1/s1. The first kappa shape index (κ1) is 21.1. The number of hydrogen-bond donors (Lipinski definition) is 3. The quantitative estimate of drug-likeness (QED) is 0.550. The summed E-state index contributed by atoms with van der Waals surface area (Å²) in [4.78, 5) is 17.0. The van der Waals surface area contributed by atoms with Gasteiger partial charge in [0.15, 0.2) is 5.11 Å². The van der Waals surface area contributed by atoms with E-state index in [0.29, 0.717) is 48.6 Å². The number of amides is 1. The molecule has 1 amide bonds. The lowest BCUT2D eigenvalue weighted by molar-refractivity contribution is -0.145. The van der Waals surface area contributed by atoms with Crippen LogP contribution in [0.25, 0.3) is 0 Å². The number of morpholine rings is 1. The Kier molecular flexibility index (Phi) is 6.01. The third-order valence-corrected chi connectivity index (χ3v) is 6.41. The monoisotopic (exact) mass is 437 g/mol. The van der Waals surface area contributed by atoms with Gasteiger partial charge in [-0.25, -0.2) is 0 Å². The highest BCUT2D eigenvalue weighted by Crippen LogP contribution is 2.39. The SMILES string of the molecule is COc1cc(OC)cc(N2C(=S)N[C@H]3[C@@H](O)[C@H](O)C[C@@H](C(=O)N4CCOCC4)[C@@H]32)c1. The number of fused-ring (bicyclic) bond motifs is 1. The molecule has 3 aliphatic rings. The first-order valence-corrected chi connectivity index (χ1v) is 10.4. The van der Waals surface area contributed by atoms with Gasteiger partial charge in [0.25, 0.3) is 0 Å². The number of carbonyl (C=O) groups is 1. The number of carbonyl (C=O) groups excluding carboxylic acids is 1. The lowest BCUT2D eigenvalue weighted by Crippen LogP contribution is -2.61. The summed E-state index contributed by atoms with van der Waals surface area (Å²) in [5.74, 6) is 0.563. The third kappa shape index (κ3) is 3.68. The normalized spacial score (nSPS) is 31.2. The van der Waals surface area contributed by atoms with Gasteiger partial charge in [-0.05, 0) is 18.6 Å². The van der Waals surface area contributed by atoms with Crippen LogP contribution in [0.1, 0.15) is 6.42 Å². The van der Waals surface area contributed by atoms with Crippen molar-refractivity contribution in [3.63, 3.8) is 0 Å². The summed E-state index contributed by atoms with van der Waals surface area (Å²) in [6.07, 6.45) is -1.91. The average Bonchev–Trinajstić information content (AvgIpc) is 3.13. The highest BCUT2D eigenvalue weighted by atomic mass is 32.1. The van der Waals surface area contributed by atoms with Crippen molar-refractivity contribution in [1.29, 1.82) is 0 Å². The van der Waals surface area contributed by atoms with Gasteiger partial charge < -0.3 is 39.5 Å². The predicted octanol–water partition coefficient (Wildman–Crippen LogP) is -0.264. The fourth-order valence-corrected chi connectivity index (χ4v) is 4.94. The number of aliphatic hydroxyl groups is 2. The summed E-state index contributed by atoms with van der Waals surface area (Å²) in [6, 6.07) is 4.35. The number of nitrogens with zero attached hydrogens (tertiary/aromatic N) is 2. The van der Waals surface area contributed by atoms with Crippen molar-refractivity contribution >= 4 is 28.9 Å². The van der Waals surface area contributed by atoms with E-state index in [0.717, 1.165) is 0 Å². The molecule has 0 aromatic heterocycles. The zero-order chi connectivity index (χ0) is 21.4. The van der Waals surface area contributed by atoms with E-state index in [1.165, 1.54) is 0 Å². The number of anilines is 1. The number of methoxy groups -OCH3 is 2. The van der Waals surface area contributed by atoms with Crippen LogP contribution in [-0.2, 0) is 9.53 Å². The number of aliphatic hydroxyl groups excluding tert-OH is 2. The van der Waals surface area contributed by atoms with Gasteiger partial charge in [-0.15, -0.1) is 0 Å². The molecular formula is C20H27N3O6S. The highest BCUT2D eigenvalue weighted by molar-refractivity contribution is 7.80. The number of nitrogens with one attached hydrogen (secondary N) is 1. The van der Waals surface area contributed by atoms with Crippen molar-refractivity contribution < 1.29 is 29.2 Å². The Bertz CT molecular complexity index is 795. The lowest BCUT2D eigenvalue weighted by Gasteiger charge is -2.43. The summed E-state index contributed by atoms with van der Waals surface area (Å²) in [5, 5.41) is 24.6. The topological polar surface area (TPSA) is 104 Å². The summed E-state index contributed by atoms with van der Waals surface area (Å²) in [7, 11) is 3.13. The van der Waals surface area contributed by atoms with E-state index < -0.39 is 30.2 Å². The summed E-state index contributed by atoms with van der Waals surface area (Å²) in [6.45, 7) is 2.00. The highest BCUT2D eigenvalue weighted by Gasteiger charge is 2.54. The molecule has 10 heteroatoms. The number of benzene rings is 1. The van der Waals surface area contributed by atoms with Gasteiger partial charge in [0.05, 0.1) is 57.2 Å². The Morgan fingerprint density at radius 2 is 1.80 bits per heavy atom. The largest absolute Gasteiger partial charge is 0.497 e. The molecule has 0 radical (unpaired) electrons. The number of hydrogen-bond acceptors (Lipinski definition) is 7. The van der Waals surface area contributed by atoms with Gasteiger partial charge in [-0.2, -0.15) is 0 Å². The summed E-state index contributed by atoms with van der Waals surface area (Å²) in [5.41, 5.74) is 0.694. The van der Waals surface area contributed by atoms with Crippen LogP contribution >= 0.6 is 12.2 Å². The van der Waals surface area contributed by atoms with Gasteiger partial charge in [-0.3, -0.25) is 4.79 Å². The molecule has 1 saturated carbocycles. The Morgan fingerprint density at radius 1 is 1.17 bits per heavy atom. The van der Waals surface area contributed by atoms with Crippen LogP contribution in [0.2, 0.25) is 0 Å². The second-order valence-corrected chi connectivity index (χ2v) is 8.13. The molecule has 3 N–H and O–H groups in total. The molecule has 1 aliphatic carbocycles. The zero-order valence-electron chi connectivity index (χ0n) is 17.0. The van der Waals surface area contributed by atoms with Crippen molar-refractivity contribution in [2.24, 2.45) is 5.92 Å². The molecule has 3 fully saturated rings. The van der Waals surface area contributed by atoms with Gasteiger partial charge in [0.1, 0.15) is 17.6 Å². The third-order valence-electron chi connectivity index (χ3n) is 6.10. The van der Waals surface area contributed by atoms with Crippen LogP contribution in [0.4, 0.5) is 5.69 Å². The van der Waals surface area contributed by atoms with Gasteiger partial charge in [0, 0.05) is 31.3 Å². The second-order valence-electron chi connectivity index (χ2n) is 7.74. The molecule has 2 saturated heterocycles. The van der Waals surface area contributed by atoms with Crippen LogP contribution in [0.5, 0.6) is 11.5 Å². The Hall–Kier alpha value is -2.14. The van der Waals surface area contributed by atoms with Crippen LogP contribution in [0.3, 0.4) is 0 Å². The molecule has 2 aliphatic heterocycles. The minimum Gasteiger partial charge on any atom is -0.497 e. The zero-order valence-corrected chi connectivity index (χ0v) is 17.8. The van der Waals surface area contributed by atoms with Crippen LogP contribution in [0, 0.1) is 5.92 Å². The molecule has 1 aromatic rings. The number of rotatable bonds is 4. The molecule has 5 atom stereocenters. The first-order valence-electron chi connectivity index (χ1n) is 10.00. The Morgan fingerprint density at radius 3 is 2.40 bits per heavy atom. The van der Waals surface area contributed by atoms with Crippen molar-refractivity contribution in [2.45, 2.75) is 30.7 Å². The first-order chi connectivity index (χ1) is 14.4. The van der Waals surface area contributed by atoms with Crippen LogP contribution in [-0.4, -0.2) is 90.9 Å². The maximum Gasteiger partial charge on any atom is 0.228 e. The average molecular weight is 438 g/mol. The Labute approximate surface area is 180 Å². The lowest BCUT2D eigenvalue weighted by atomic mass is 9.77. The fraction of sp³-hybridized carbons (Fsp3) is 0.600. The maximum absolute atomic E-state index is 13.4. The van der Waals surface area contributed by atoms with Gasteiger partial charge in [-0.1, -0.05) is 0 Å². The maximum atomic E-state index is 13.4. The Balaban J connectivity index is 1.72. The van der Waals surface area contributed by atoms with E-state index >= 15 is 0 Å². The van der Waals surface area contributed by atoms with Gasteiger partial charge >= 0.3 is 0 Å². The van der Waals surface area contributed by atoms with Crippen molar-refractivity contribution in [3.8, 4) is 11.5 Å². The number of thiocarbonyl (C=S) groups is 1. The van der Waals surface area contributed by atoms with E-state index in [2.05, 4.69) is 5.32 Å². The second kappa shape index (κ2) is 8.54. The molecule has 0 spiro atoms. The minimum absolute atomic E-state index is 0.0642. The molecular weight excluding hydrogens is 410 g/mol. The van der Waals surface area contributed by atoms with Gasteiger partial charge in [0.2, 0.25) is 5.91 Å². The van der Waals surface area contributed by atoms with Crippen molar-refractivity contribution in [3.05, 3.63) is 18.2 Å². The van der Waals surface area contributed by atoms with E-state index in [1.54, 1.807) is 25.2 Å². The van der Waals surface area contributed by atoms with Crippen molar-refractivity contribution in [1.82, 2.24) is 10.2 Å². The molecule has 0 bridgehead atoms. The molecule has 30 heavy (non-hydrogen) atoms. The summed E-state index contributed by atoms with van der Waals surface area (Å²) >= 11 is 5.58. The number of ether oxygens (including phenoxy) is 3. The van der Waals surface area contributed by atoms with Crippen molar-refractivity contribution in [2.75, 3.05) is 45.4 Å². The fourth-order valence-electron chi connectivity index (χ4n) is 4.58. The predicted molar refractivity (Wildman–Crippen MR) is 113 cm³/mol. The smallest absolute Gasteiger partial charge is 0.228 e. The van der Waals surface area contributed by atoms with E-state index in [-0.39, 0.29) is 12.3 Å². The summed E-state index contributed by atoms with van der Waals surface area (Å²) < 4.78 is 16.1. The molecule has 0 unspecified atom stereocenters. The van der Waals surface area contributed by atoms with E-state index in [4.69, 9.17) is 26.4 Å². The van der Waals surface area contributed by atoms with Crippen LogP contribution < -0.4 is 19.7 Å². The molecule has 2 heterocycles. The molecule has 164 valence electrons. The van der Waals surface area contributed by atoms with E-state index in [9.17, 15) is 15.0 Å². The van der Waals surface area contributed by atoms with Crippen LogP contribution in [0.15, 0.2) is 18.2 Å². The molecule has 4 rings (SSSR count). The minimum atomic E-state index is -1.04. The molecule has 9 nitrogen and oxygen atoms in total.